The lowest BCUT2D eigenvalue weighted by Crippen LogP contribution is -2.24. The van der Waals surface area contributed by atoms with Crippen LogP contribution in [0, 0.1) is 11.3 Å². The van der Waals surface area contributed by atoms with Gasteiger partial charge in [-0.1, -0.05) is 133 Å². The van der Waals surface area contributed by atoms with Gasteiger partial charge in [-0.25, -0.2) is 0 Å². The average Bonchev–Trinajstić information content (AvgIpc) is 3.24. The van der Waals surface area contributed by atoms with E-state index in [1.54, 1.807) is 0 Å². The topological polar surface area (TPSA) is 30.3 Å². The Labute approximate surface area is 309 Å². The van der Waals surface area contributed by atoms with Gasteiger partial charge in [0.15, 0.2) is 0 Å². The molecule has 0 atom stereocenters. The number of para-hydroxylation sites is 2. The van der Waals surface area contributed by atoms with Crippen molar-refractivity contribution in [3.8, 4) is 28.3 Å². The number of hydrogen-bond acceptors (Lipinski definition) is 3. The first-order valence-electron chi connectivity index (χ1n) is 18.4. The van der Waals surface area contributed by atoms with Crippen molar-refractivity contribution in [3.05, 3.63) is 187 Å². The molecule has 9 aromatic carbocycles. The quantitative estimate of drug-likeness (QED) is 0.164. The summed E-state index contributed by atoms with van der Waals surface area (Å²) in [6.45, 7) is 0.993. The molecule has 9 aromatic rings. The molecule has 0 fully saturated rings. The fourth-order valence-electron chi connectivity index (χ4n) is 8.53. The third-order valence-electron chi connectivity index (χ3n) is 10.9. The Morgan fingerprint density at radius 1 is 0.509 bits per heavy atom. The van der Waals surface area contributed by atoms with E-state index in [2.05, 4.69) is 161 Å². The van der Waals surface area contributed by atoms with E-state index in [0.717, 1.165) is 64.1 Å². The van der Waals surface area contributed by atoms with Gasteiger partial charge in [0.05, 0.1) is 16.9 Å². The molecule has 0 saturated carbocycles. The molecule has 0 bridgehead atoms. The summed E-state index contributed by atoms with van der Waals surface area (Å²) in [6, 6.07) is 65.3. The van der Waals surface area contributed by atoms with Crippen LogP contribution in [-0.2, 0) is 6.42 Å². The summed E-state index contributed by atoms with van der Waals surface area (Å²) in [5.41, 5.74) is 11.6. The Balaban J connectivity index is 1.26. The van der Waals surface area contributed by atoms with Crippen molar-refractivity contribution >= 4 is 60.8 Å². The number of benzene rings is 9. The first-order valence-corrected chi connectivity index (χ1v) is 18.4. The number of hydrogen-bond donors (Lipinski definition) is 0. The number of nitriles is 1. The van der Waals surface area contributed by atoms with Crippen LogP contribution in [0.25, 0.3) is 54.6 Å². The largest absolute Gasteiger partial charge is 0.341 e. The molecular formula is C50H35N3. The maximum Gasteiger partial charge on any atom is 0.102 e. The molecular weight excluding hydrogens is 643 g/mol. The molecule has 0 saturated heterocycles. The Bertz CT molecular complexity index is 2820. The van der Waals surface area contributed by atoms with E-state index >= 15 is 0 Å². The zero-order valence-electron chi connectivity index (χ0n) is 29.2. The Kier molecular flexibility index (Phi) is 7.41. The molecule has 3 heteroatoms. The van der Waals surface area contributed by atoms with Gasteiger partial charge in [-0.05, 0) is 99.1 Å². The molecule has 1 aliphatic heterocycles. The van der Waals surface area contributed by atoms with Gasteiger partial charge in [-0.2, -0.15) is 5.26 Å². The van der Waals surface area contributed by atoms with Crippen LogP contribution >= 0.6 is 0 Å². The highest BCUT2D eigenvalue weighted by Crippen LogP contribution is 2.49. The maximum atomic E-state index is 11.0. The molecule has 250 valence electrons. The minimum atomic E-state index is 0.636. The van der Waals surface area contributed by atoms with Crippen molar-refractivity contribution in [1.29, 1.82) is 5.26 Å². The molecule has 0 aromatic heterocycles. The summed E-state index contributed by atoms with van der Waals surface area (Å²) in [4.78, 5) is 4.81. The molecule has 1 aliphatic rings. The molecule has 0 unspecified atom stereocenters. The van der Waals surface area contributed by atoms with Crippen molar-refractivity contribution in [2.75, 3.05) is 16.3 Å². The summed E-state index contributed by atoms with van der Waals surface area (Å²) in [7, 11) is 0. The second-order valence-electron chi connectivity index (χ2n) is 13.9. The maximum absolute atomic E-state index is 11.0. The van der Waals surface area contributed by atoms with E-state index in [1.165, 1.54) is 43.9 Å². The number of nitrogens with zero attached hydrogens (tertiary/aromatic N) is 3. The van der Waals surface area contributed by atoms with E-state index < -0.39 is 0 Å². The summed E-state index contributed by atoms with van der Waals surface area (Å²) < 4.78 is 0. The average molecular weight is 678 g/mol. The highest BCUT2D eigenvalue weighted by molar-refractivity contribution is 6.28. The summed E-state index contributed by atoms with van der Waals surface area (Å²) >= 11 is 0. The van der Waals surface area contributed by atoms with Gasteiger partial charge in [-0.3, -0.25) is 0 Å². The van der Waals surface area contributed by atoms with Crippen LogP contribution in [0.4, 0.5) is 28.4 Å². The van der Waals surface area contributed by atoms with Crippen molar-refractivity contribution in [1.82, 2.24) is 0 Å². The smallest absolute Gasteiger partial charge is 0.102 e. The van der Waals surface area contributed by atoms with Crippen LogP contribution in [0.2, 0.25) is 0 Å². The molecule has 0 amide bonds. The Morgan fingerprint density at radius 2 is 1.13 bits per heavy atom. The van der Waals surface area contributed by atoms with Gasteiger partial charge >= 0.3 is 0 Å². The molecule has 53 heavy (non-hydrogen) atoms. The van der Waals surface area contributed by atoms with Crippen LogP contribution in [0.1, 0.15) is 17.5 Å². The Hall–Kier alpha value is -6.89. The van der Waals surface area contributed by atoms with Crippen molar-refractivity contribution < 1.29 is 0 Å². The van der Waals surface area contributed by atoms with Gasteiger partial charge in [-0.15, -0.1) is 0 Å². The van der Waals surface area contributed by atoms with E-state index in [4.69, 9.17) is 0 Å². The third kappa shape index (κ3) is 5.11. The van der Waals surface area contributed by atoms with Crippen molar-refractivity contribution in [3.63, 3.8) is 0 Å². The molecule has 0 aliphatic carbocycles. The minimum Gasteiger partial charge on any atom is -0.341 e. The molecule has 10 rings (SSSR count). The normalized spacial score (nSPS) is 12.6. The lowest BCUT2D eigenvalue weighted by Gasteiger charge is -2.33. The van der Waals surface area contributed by atoms with Crippen molar-refractivity contribution in [2.45, 2.75) is 12.8 Å². The van der Waals surface area contributed by atoms with E-state index in [9.17, 15) is 5.26 Å². The second kappa shape index (κ2) is 12.7. The molecule has 0 N–H and O–H groups in total. The summed E-state index contributed by atoms with van der Waals surface area (Å²) in [6.07, 6.45) is 2.24. The number of rotatable bonds is 6. The van der Waals surface area contributed by atoms with Gasteiger partial charge < -0.3 is 9.80 Å². The lowest BCUT2D eigenvalue weighted by atomic mass is 9.90. The van der Waals surface area contributed by atoms with E-state index in [0.29, 0.717) is 5.56 Å². The van der Waals surface area contributed by atoms with Gasteiger partial charge in [0.2, 0.25) is 0 Å². The minimum absolute atomic E-state index is 0.636. The first-order chi connectivity index (χ1) is 26.3. The number of aryl methyl sites for hydroxylation is 1. The standard InChI is InChI=1S/C50H35N3/c51-33-44-43(35-15-6-2-7-16-35)31-39(34-13-4-1-5-14-34)32-48(44)53(40-19-8-3-9-20-40)47-29-25-38-22-26-41-46(28-24-37-23-27-42(47)50(38)49(37)41)52-30-12-18-36-17-10-11-21-45(36)52/h1-11,13-17,19-29,31-32H,12,18,30H2. The highest BCUT2D eigenvalue weighted by Gasteiger charge is 2.25. The van der Waals surface area contributed by atoms with Crippen molar-refractivity contribution in [2.24, 2.45) is 0 Å². The predicted molar refractivity (Wildman–Crippen MR) is 222 cm³/mol. The van der Waals surface area contributed by atoms with Crippen LogP contribution in [0.15, 0.2) is 176 Å². The van der Waals surface area contributed by atoms with Gasteiger partial charge in [0.1, 0.15) is 6.07 Å². The lowest BCUT2D eigenvalue weighted by molar-refractivity contribution is 0.768. The Morgan fingerprint density at radius 3 is 1.89 bits per heavy atom. The van der Waals surface area contributed by atoms with Gasteiger partial charge in [0.25, 0.3) is 0 Å². The van der Waals surface area contributed by atoms with Crippen LogP contribution in [0.5, 0.6) is 0 Å². The predicted octanol–water partition coefficient (Wildman–Crippen LogP) is 13.3. The second-order valence-corrected chi connectivity index (χ2v) is 13.9. The van der Waals surface area contributed by atoms with Crippen LogP contribution in [-0.4, -0.2) is 6.54 Å². The van der Waals surface area contributed by atoms with E-state index in [-0.39, 0.29) is 0 Å². The van der Waals surface area contributed by atoms with Crippen LogP contribution < -0.4 is 9.80 Å². The highest BCUT2D eigenvalue weighted by atomic mass is 15.2. The fraction of sp³-hybridized carbons (Fsp3) is 0.0600. The third-order valence-corrected chi connectivity index (χ3v) is 10.9. The number of fused-ring (bicyclic) bond motifs is 1. The van der Waals surface area contributed by atoms with Gasteiger partial charge in [0, 0.05) is 39.9 Å². The molecule has 3 nitrogen and oxygen atoms in total. The number of anilines is 5. The van der Waals surface area contributed by atoms with Crippen LogP contribution in [0.3, 0.4) is 0 Å². The summed E-state index contributed by atoms with van der Waals surface area (Å²) in [5.74, 6) is 0. The molecule has 0 spiro atoms. The monoisotopic (exact) mass is 677 g/mol. The fourth-order valence-corrected chi connectivity index (χ4v) is 8.53. The summed E-state index contributed by atoms with van der Waals surface area (Å²) in [5, 5.41) is 18.4. The molecule has 1 heterocycles. The first kappa shape index (κ1) is 30.9. The SMILES string of the molecule is N#Cc1c(-c2ccccc2)cc(-c2ccccc2)cc1N(c1ccccc1)c1ccc2ccc3c(N4CCCc5ccccc54)ccc4ccc1c2c43. The van der Waals surface area contributed by atoms with E-state index in [1.807, 2.05) is 30.3 Å². The zero-order chi connectivity index (χ0) is 35.3. The zero-order valence-corrected chi connectivity index (χ0v) is 29.2. The molecule has 0 radical (unpaired) electrons.